The Morgan fingerprint density at radius 1 is 1.04 bits per heavy atom. The molecule has 1 aromatic carbocycles. The molecule has 0 amide bonds. The van der Waals surface area contributed by atoms with Gasteiger partial charge in [0.05, 0.1) is 6.04 Å². The highest BCUT2D eigenvalue weighted by Gasteiger charge is 2.25. The van der Waals surface area contributed by atoms with Crippen LogP contribution in [0, 0.1) is 0 Å². The summed E-state index contributed by atoms with van der Waals surface area (Å²) in [5.41, 5.74) is 2.82. The van der Waals surface area contributed by atoms with E-state index in [-0.39, 0.29) is 5.25 Å². The first-order chi connectivity index (χ1) is 11.6. The molecule has 1 fully saturated rings. The Morgan fingerprint density at radius 2 is 1.62 bits per heavy atom. The number of nitrogens with one attached hydrogen (secondary N) is 2. The Balaban J connectivity index is 1.67. The molecular formula is C20H34N2OS. The molecule has 1 atom stereocenters. The molecule has 2 N–H and O–H groups in total. The molecule has 0 heterocycles. The van der Waals surface area contributed by atoms with Gasteiger partial charge in [0.1, 0.15) is 5.25 Å². The summed E-state index contributed by atoms with van der Waals surface area (Å²) in [7, 11) is 0. The van der Waals surface area contributed by atoms with Gasteiger partial charge < -0.3 is 9.87 Å². The lowest BCUT2D eigenvalue weighted by atomic mass is 9.91. The van der Waals surface area contributed by atoms with Gasteiger partial charge in [-0.1, -0.05) is 37.6 Å². The van der Waals surface area contributed by atoms with E-state index in [0.717, 1.165) is 19.4 Å². The van der Waals surface area contributed by atoms with Crippen LogP contribution in [0.4, 0.5) is 0 Å². The maximum atomic E-state index is 11.9. The first kappa shape index (κ1) is 19.8. The van der Waals surface area contributed by atoms with Crippen LogP contribution in [-0.2, 0) is 24.3 Å². The predicted octanol–water partition coefficient (Wildman–Crippen LogP) is 4.09. The summed E-state index contributed by atoms with van der Waals surface area (Å²) in [6, 6.07) is 10.1. The Hall–Kier alpha value is -0.550. The summed E-state index contributed by atoms with van der Waals surface area (Å²) >= 11 is -0.889. The molecule has 24 heavy (non-hydrogen) atoms. The highest BCUT2D eigenvalue weighted by atomic mass is 32.2. The van der Waals surface area contributed by atoms with Crippen molar-refractivity contribution in [3.8, 4) is 0 Å². The summed E-state index contributed by atoms with van der Waals surface area (Å²) in [4.78, 5) is 0. The van der Waals surface area contributed by atoms with Gasteiger partial charge in [0, 0.05) is 23.9 Å². The molecule has 1 unspecified atom stereocenters. The van der Waals surface area contributed by atoms with Gasteiger partial charge in [0.25, 0.3) is 0 Å². The molecule has 136 valence electrons. The monoisotopic (exact) mass is 350 g/mol. The van der Waals surface area contributed by atoms with Crippen LogP contribution in [0.3, 0.4) is 0 Å². The lowest BCUT2D eigenvalue weighted by Gasteiger charge is -2.30. The van der Waals surface area contributed by atoms with E-state index < -0.39 is 11.4 Å². The number of hydrogen-bond acceptors (Lipinski definition) is 3. The van der Waals surface area contributed by atoms with Gasteiger partial charge in [-0.3, -0.25) is 0 Å². The van der Waals surface area contributed by atoms with Crippen molar-refractivity contribution in [3.63, 3.8) is 0 Å². The van der Waals surface area contributed by atoms with Gasteiger partial charge in [0.15, 0.2) is 0 Å². The normalized spacial score (nSPS) is 22.7. The van der Waals surface area contributed by atoms with E-state index in [4.69, 9.17) is 0 Å². The molecule has 1 aliphatic rings. The third-order valence-corrected chi connectivity index (χ3v) is 6.30. The third-order valence-electron chi connectivity index (χ3n) is 4.87. The van der Waals surface area contributed by atoms with Crippen LogP contribution in [0.1, 0.15) is 70.4 Å². The molecule has 2 rings (SSSR count). The van der Waals surface area contributed by atoms with E-state index in [1.54, 1.807) is 0 Å². The summed E-state index contributed by atoms with van der Waals surface area (Å²) in [5.74, 6) is 0. The van der Waals surface area contributed by atoms with E-state index in [1.165, 1.54) is 43.2 Å². The van der Waals surface area contributed by atoms with Crippen LogP contribution in [0.5, 0.6) is 0 Å². The quantitative estimate of drug-likeness (QED) is 0.659. The predicted molar refractivity (Wildman–Crippen MR) is 104 cm³/mol. The van der Waals surface area contributed by atoms with Crippen LogP contribution in [-0.4, -0.2) is 21.9 Å². The van der Waals surface area contributed by atoms with Crippen molar-refractivity contribution in [1.82, 2.24) is 10.0 Å². The third kappa shape index (κ3) is 6.75. The van der Waals surface area contributed by atoms with E-state index in [2.05, 4.69) is 41.2 Å². The fourth-order valence-electron chi connectivity index (χ4n) is 3.18. The summed E-state index contributed by atoms with van der Waals surface area (Å²) in [6.45, 7) is 7.20. The average Bonchev–Trinajstić information content (AvgIpc) is 2.60. The molecule has 0 saturated heterocycles. The number of rotatable bonds is 9. The van der Waals surface area contributed by atoms with Gasteiger partial charge in [-0.15, -0.1) is 4.72 Å². The molecule has 0 aromatic heterocycles. The molecule has 3 nitrogen and oxygen atoms in total. The van der Waals surface area contributed by atoms with Crippen molar-refractivity contribution < 1.29 is 4.55 Å². The first-order valence-electron chi connectivity index (χ1n) is 9.56. The van der Waals surface area contributed by atoms with Crippen LogP contribution < -0.4 is 10.0 Å². The lowest BCUT2D eigenvalue weighted by molar-refractivity contribution is 0.328. The van der Waals surface area contributed by atoms with Gasteiger partial charge in [-0.05, 0) is 63.5 Å². The number of hydrogen-bond donors (Lipinski definition) is 2. The van der Waals surface area contributed by atoms with Crippen LogP contribution in [0.25, 0.3) is 0 Å². The summed E-state index contributed by atoms with van der Waals surface area (Å²) < 4.78 is 15.2. The summed E-state index contributed by atoms with van der Waals surface area (Å²) in [6.07, 6.45) is 8.29. The Bertz CT molecular complexity index is 455. The van der Waals surface area contributed by atoms with Gasteiger partial charge >= 0.3 is 0 Å². The zero-order valence-corrected chi connectivity index (χ0v) is 16.3. The Morgan fingerprint density at radius 3 is 2.21 bits per heavy atom. The van der Waals surface area contributed by atoms with Crippen LogP contribution >= 0.6 is 0 Å². The van der Waals surface area contributed by atoms with E-state index in [1.807, 2.05) is 13.8 Å². The second-order valence-corrected chi connectivity index (χ2v) is 9.09. The molecular weight excluding hydrogens is 316 g/mol. The van der Waals surface area contributed by atoms with Crippen LogP contribution in [0.15, 0.2) is 24.3 Å². The maximum absolute atomic E-state index is 11.9. The Kier molecular flexibility index (Phi) is 8.60. The smallest absolute Gasteiger partial charge is 0.129 e. The molecule has 0 aliphatic heterocycles. The minimum atomic E-state index is -0.889. The van der Waals surface area contributed by atoms with Gasteiger partial charge in [-0.25, -0.2) is 0 Å². The van der Waals surface area contributed by atoms with Crippen molar-refractivity contribution in [2.75, 3.05) is 0 Å². The van der Waals surface area contributed by atoms with Crippen LogP contribution in [0.2, 0.25) is 0 Å². The van der Waals surface area contributed by atoms with Crippen molar-refractivity contribution >= 4 is 11.4 Å². The fraction of sp³-hybridized carbons (Fsp3) is 0.700. The van der Waals surface area contributed by atoms with Gasteiger partial charge in [-0.2, -0.15) is 0 Å². The Labute approximate surface area is 151 Å². The second kappa shape index (κ2) is 10.4. The van der Waals surface area contributed by atoms with Crippen molar-refractivity contribution in [3.05, 3.63) is 35.4 Å². The zero-order chi connectivity index (χ0) is 17.4. The maximum Gasteiger partial charge on any atom is 0.129 e. The molecule has 1 aliphatic carbocycles. The highest BCUT2D eigenvalue weighted by Crippen LogP contribution is 2.20. The van der Waals surface area contributed by atoms with Crippen molar-refractivity contribution in [2.24, 2.45) is 0 Å². The first-order valence-corrected chi connectivity index (χ1v) is 10.8. The SMILES string of the molecule is CCCCc1ccc(CNC2CCC(N[S+]([O-])C(C)C)CC2)cc1. The molecule has 0 spiro atoms. The zero-order valence-electron chi connectivity index (χ0n) is 15.5. The van der Waals surface area contributed by atoms with Gasteiger partial charge in [0.2, 0.25) is 0 Å². The standard InChI is InChI=1S/C20H34N2OS/c1-4-5-6-17-7-9-18(10-8-17)15-21-19-11-13-20(14-12-19)22-24(23)16(2)3/h7-10,16,19-22H,4-6,11-15H2,1-3H3. The molecule has 0 radical (unpaired) electrons. The van der Waals surface area contributed by atoms with E-state index in [9.17, 15) is 4.55 Å². The number of unbranched alkanes of at least 4 members (excludes halogenated alkanes) is 1. The summed E-state index contributed by atoms with van der Waals surface area (Å²) in [5, 5.41) is 3.89. The molecule has 4 heteroatoms. The lowest BCUT2D eigenvalue weighted by Crippen LogP contribution is -2.44. The van der Waals surface area contributed by atoms with Crippen molar-refractivity contribution in [1.29, 1.82) is 0 Å². The largest absolute Gasteiger partial charge is 0.598 e. The average molecular weight is 351 g/mol. The second-order valence-electron chi connectivity index (χ2n) is 7.31. The van der Waals surface area contributed by atoms with E-state index >= 15 is 0 Å². The fourth-order valence-corrected chi connectivity index (χ4v) is 4.02. The highest BCUT2D eigenvalue weighted by molar-refractivity contribution is 7.90. The molecule has 0 bridgehead atoms. The minimum absolute atomic E-state index is 0.196. The van der Waals surface area contributed by atoms with E-state index in [0.29, 0.717) is 12.1 Å². The number of benzene rings is 1. The number of aryl methyl sites for hydroxylation is 1. The topological polar surface area (TPSA) is 47.1 Å². The minimum Gasteiger partial charge on any atom is -0.598 e. The van der Waals surface area contributed by atoms with Crippen molar-refractivity contribution in [2.45, 2.75) is 89.6 Å². The molecule has 1 saturated carbocycles. The molecule has 1 aromatic rings.